The van der Waals surface area contributed by atoms with Gasteiger partial charge in [-0.25, -0.2) is 4.79 Å². The molecular formula is C41H53N3O7. The molecule has 10 nitrogen and oxygen atoms in total. The first kappa shape index (κ1) is 37.9. The normalized spacial score (nSPS) is 21.5. The maximum atomic E-state index is 14.6. The lowest BCUT2D eigenvalue weighted by molar-refractivity contribution is -0.144. The quantitative estimate of drug-likeness (QED) is 0.238. The summed E-state index contributed by atoms with van der Waals surface area (Å²) in [6.45, 7) is 12.1. The van der Waals surface area contributed by atoms with Gasteiger partial charge in [-0.15, -0.1) is 0 Å². The van der Waals surface area contributed by atoms with E-state index in [2.05, 4.69) is 24.5 Å². The van der Waals surface area contributed by atoms with Crippen LogP contribution in [-0.4, -0.2) is 64.4 Å². The minimum atomic E-state index is -0.911. The van der Waals surface area contributed by atoms with E-state index in [-0.39, 0.29) is 60.0 Å². The Morgan fingerprint density at radius 3 is 2.16 bits per heavy atom. The van der Waals surface area contributed by atoms with Crippen molar-refractivity contribution in [3.05, 3.63) is 71.3 Å². The topological polar surface area (TPSA) is 139 Å². The van der Waals surface area contributed by atoms with Crippen molar-refractivity contribution in [3.63, 3.8) is 0 Å². The second kappa shape index (κ2) is 15.5. The molecule has 3 amide bonds. The second-order valence-corrected chi connectivity index (χ2v) is 16.2. The van der Waals surface area contributed by atoms with E-state index < -0.39 is 41.3 Å². The smallest absolute Gasteiger partial charge is 0.408 e. The molecular weight excluding hydrogens is 646 g/mol. The Morgan fingerprint density at radius 1 is 0.922 bits per heavy atom. The van der Waals surface area contributed by atoms with Gasteiger partial charge >= 0.3 is 6.09 Å². The van der Waals surface area contributed by atoms with Crippen LogP contribution in [0.3, 0.4) is 0 Å². The average Bonchev–Trinajstić information content (AvgIpc) is 3.43. The summed E-state index contributed by atoms with van der Waals surface area (Å²) in [4.78, 5) is 82.5. The fourth-order valence-electron chi connectivity index (χ4n) is 8.21. The van der Waals surface area contributed by atoms with E-state index in [1.165, 1.54) is 0 Å². The molecule has 0 aromatic heterocycles. The van der Waals surface area contributed by atoms with Crippen LogP contribution >= 0.6 is 0 Å². The van der Waals surface area contributed by atoms with Crippen molar-refractivity contribution in [1.82, 2.24) is 15.5 Å². The molecule has 2 N–H and O–H groups in total. The van der Waals surface area contributed by atoms with Gasteiger partial charge in [0.2, 0.25) is 17.6 Å². The number of ether oxygens (including phenoxy) is 1. The van der Waals surface area contributed by atoms with Crippen molar-refractivity contribution in [2.45, 2.75) is 111 Å². The molecule has 10 heteroatoms. The molecule has 2 aliphatic carbocycles. The maximum absolute atomic E-state index is 14.6. The molecule has 0 spiro atoms. The number of nitrogens with zero attached hydrogens (tertiary/aromatic N) is 1. The van der Waals surface area contributed by atoms with Crippen LogP contribution in [0.15, 0.2) is 54.6 Å². The number of likely N-dealkylation sites (tertiary alicyclic amines) is 1. The monoisotopic (exact) mass is 699 g/mol. The zero-order valence-electron chi connectivity index (χ0n) is 30.8. The van der Waals surface area contributed by atoms with E-state index >= 15 is 0 Å². The number of hydrogen-bond donors (Lipinski definition) is 2. The van der Waals surface area contributed by atoms with E-state index in [9.17, 15) is 28.8 Å². The highest BCUT2D eigenvalue weighted by molar-refractivity contribution is 6.38. The van der Waals surface area contributed by atoms with Crippen molar-refractivity contribution in [1.29, 1.82) is 0 Å². The molecule has 2 fully saturated rings. The van der Waals surface area contributed by atoms with Gasteiger partial charge in [-0.1, -0.05) is 81.8 Å². The molecule has 1 unspecified atom stereocenters. The van der Waals surface area contributed by atoms with Crippen LogP contribution < -0.4 is 10.6 Å². The molecule has 5 rings (SSSR count). The summed E-state index contributed by atoms with van der Waals surface area (Å²) in [5, 5.41) is 5.66. The highest BCUT2D eigenvalue weighted by Gasteiger charge is 2.69. The van der Waals surface area contributed by atoms with Crippen LogP contribution in [0.1, 0.15) is 90.3 Å². The van der Waals surface area contributed by atoms with Crippen LogP contribution in [0.2, 0.25) is 0 Å². The minimum absolute atomic E-state index is 0.0849. The van der Waals surface area contributed by atoms with E-state index in [4.69, 9.17) is 4.74 Å². The first-order valence-electron chi connectivity index (χ1n) is 18.4. The van der Waals surface area contributed by atoms with Crippen molar-refractivity contribution < 1.29 is 33.5 Å². The van der Waals surface area contributed by atoms with Gasteiger partial charge in [0.1, 0.15) is 11.6 Å². The van der Waals surface area contributed by atoms with Gasteiger partial charge in [0, 0.05) is 38.3 Å². The second-order valence-electron chi connectivity index (χ2n) is 16.2. The Morgan fingerprint density at radius 2 is 1.55 bits per heavy atom. The van der Waals surface area contributed by atoms with Crippen molar-refractivity contribution in [2.75, 3.05) is 6.54 Å². The molecule has 274 valence electrons. The summed E-state index contributed by atoms with van der Waals surface area (Å²) in [7, 11) is 0. The Kier molecular flexibility index (Phi) is 11.5. The zero-order valence-corrected chi connectivity index (χ0v) is 30.8. The lowest BCUT2D eigenvalue weighted by atomic mass is 9.85. The number of carbonyl (C=O) groups excluding carboxylic acids is 6. The van der Waals surface area contributed by atoms with Crippen LogP contribution in [0.4, 0.5) is 4.79 Å². The third-order valence-corrected chi connectivity index (χ3v) is 11.0. The fraction of sp³-hybridized carbons (Fsp3) is 0.561. The first-order chi connectivity index (χ1) is 24.1. The number of ketones is 3. The Hall–Kier alpha value is -4.34. The molecule has 1 saturated heterocycles. The van der Waals surface area contributed by atoms with Crippen molar-refractivity contribution in [2.24, 2.45) is 29.1 Å². The fourth-order valence-corrected chi connectivity index (χ4v) is 8.21. The van der Waals surface area contributed by atoms with Crippen molar-refractivity contribution >= 4 is 35.3 Å². The van der Waals surface area contributed by atoms with E-state index in [0.29, 0.717) is 38.8 Å². The van der Waals surface area contributed by atoms with Gasteiger partial charge in [0.05, 0.1) is 6.04 Å². The van der Waals surface area contributed by atoms with Crippen LogP contribution in [-0.2, 0) is 48.1 Å². The predicted octanol–water partition coefficient (Wildman–Crippen LogP) is 5.39. The molecule has 1 aliphatic heterocycles. The van der Waals surface area contributed by atoms with Crippen LogP contribution in [0, 0.1) is 29.1 Å². The van der Waals surface area contributed by atoms with Gasteiger partial charge in [0.25, 0.3) is 0 Å². The summed E-state index contributed by atoms with van der Waals surface area (Å²) in [5.74, 6) is -3.24. The SMILES string of the molecule is CCCC(CC(=O)[C@@H]1[C@@H]2[C@H](CN1C(=O)[C@@H](NC(=O)OC(C)(C)C)C1Cc3ccccc3C1)C2(C)C)C(=O)C(=O)CCC(=O)NCc1ccccc1. The Balaban J connectivity index is 1.28. The number of amides is 3. The van der Waals surface area contributed by atoms with Crippen LogP contribution in [0.25, 0.3) is 0 Å². The van der Waals surface area contributed by atoms with Gasteiger partial charge < -0.3 is 20.3 Å². The lowest BCUT2D eigenvalue weighted by Gasteiger charge is -2.35. The van der Waals surface area contributed by atoms with Crippen molar-refractivity contribution in [3.8, 4) is 0 Å². The molecule has 0 bridgehead atoms. The Bertz CT molecular complexity index is 1620. The number of alkyl carbamates (subject to hydrolysis) is 1. The maximum Gasteiger partial charge on any atom is 0.408 e. The molecule has 0 radical (unpaired) electrons. The summed E-state index contributed by atoms with van der Waals surface area (Å²) < 4.78 is 5.57. The number of carbonyl (C=O) groups is 6. The van der Waals surface area contributed by atoms with Gasteiger partial charge in [0.15, 0.2) is 11.6 Å². The van der Waals surface area contributed by atoms with Gasteiger partial charge in [-0.3, -0.25) is 24.0 Å². The first-order valence-corrected chi connectivity index (χ1v) is 18.4. The largest absolute Gasteiger partial charge is 0.444 e. The Labute approximate surface area is 301 Å². The number of nitrogens with one attached hydrogen (secondary N) is 2. The minimum Gasteiger partial charge on any atom is -0.444 e. The summed E-state index contributed by atoms with van der Waals surface area (Å²) in [5.41, 5.74) is 2.25. The number of hydrogen-bond acceptors (Lipinski definition) is 7. The number of rotatable bonds is 15. The molecule has 2 aromatic carbocycles. The average molecular weight is 700 g/mol. The summed E-state index contributed by atoms with van der Waals surface area (Å²) in [6.07, 6.45) is 0.933. The van der Waals surface area contributed by atoms with E-state index in [1.54, 1.807) is 25.7 Å². The van der Waals surface area contributed by atoms with E-state index in [1.807, 2.05) is 61.5 Å². The van der Waals surface area contributed by atoms with Gasteiger partial charge in [-0.2, -0.15) is 0 Å². The molecule has 3 aliphatic rings. The zero-order chi connectivity index (χ0) is 37.1. The predicted molar refractivity (Wildman–Crippen MR) is 192 cm³/mol. The highest BCUT2D eigenvalue weighted by Crippen LogP contribution is 2.65. The number of fused-ring (bicyclic) bond motifs is 2. The summed E-state index contributed by atoms with van der Waals surface area (Å²) >= 11 is 0. The van der Waals surface area contributed by atoms with E-state index in [0.717, 1.165) is 16.7 Å². The molecule has 1 heterocycles. The number of piperidine rings is 1. The highest BCUT2D eigenvalue weighted by atomic mass is 16.6. The lowest BCUT2D eigenvalue weighted by Crippen LogP contribution is -2.57. The van der Waals surface area contributed by atoms with Gasteiger partial charge in [-0.05, 0) is 79.9 Å². The third kappa shape index (κ3) is 8.94. The molecule has 5 atom stereocenters. The number of Topliss-reactive ketones (excluding diaryl/α,β-unsaturated/α-hetero) is 3. The third-order valence-electron chi connectivity index (χ3n) is 11.0. The molecule has 51 heavy (non-hydrogen) atoms. The molecule has 2 aromatic rings. The van der Waals surface area contributed by atoms with Crippen LogP contribution in [0.5, 0.6) is 0 Å². The summed E-state index contributed by atoms with van der Waals surface area (Å²) in [6, 6.07) is 15.7. The molecule has 1 saturated carbocycles. The standard InChI is InChI=1S/C41H53N3O7/c1-7-13-28(37(48)31(45)18-19-33(47)42-23-25-14-9-8-10-15-25)22-32(46)36-34-30(41(34,5)6)24-44(36)38(49)35(43-39(50)51-40(2,3)4)29-20-26-16-11-12-17-27(26)21-29/h8-12,14-17,28-30,34-36H,7,13,18-24H2,1-6H3,(H,42,47)(H,43,50)/t28?,30-,34-,35-,36+/m0/s1. The number of benzene rings is 2.